The fourth-order valence-electron chi connectivity index (χ4n) is 4.35. The van der Waals surface area contributed by atoms with Crippen LogP contribution in [0.1, 0.15) is 55.8 Å². The van der Waals surface area contributed by atoms with Gasteiger partial charge in [-0.25, -0.2) is 9.79 Å². The van der Waals surface area contributed by atoms with E-state index in [1.807, 2.05) is 54.6 Å². The van der Waals surface area contributed by atoms with E-state index in [1.165, 1.54) is 24.4 Å². The van der Waals surface area contributed by atoms with Crippen molar-refractivity contribution in [3.05, 3.63) is 93.7 Å². The Morgan fingerprint density at radius 1 is 1.11 bits per heavy atom. The molecular weight excluding hydrogens is 458 g/mol. The van der Waals surface area contributed by atoms with Crippen LogP contribution in [0.25, 0.3) is 0 Å². The van der Waals surface area contributed by atoms with E-state index in [2.05, 4.69) is 38.1 Å². The first-order valence-electron chi connectivity index (χ1n) is 11.7. The largest absolute Gasteiger partial charge is 0.466 e. The molecule has 0 fully saturated rings. The molecule has 4 rings (SSSR count). The summed E-state index contributed by atoms with van der Waals surface area (Å²) in [7, 11) is 3.20. The predicted octanol–water partition coefficient (Wildman–Crippen LogP) is 5.61. The van der Waals surface area contributed by atoms with Crippen LogP contribution in [0.15, 0.2) is 82.0 Å². The summed E-state index contributed by atoms with van der Waals surface area (Å²) in [5.41, 5.74) is 5.21. The molecule has 6 nitrogen and oxygen atoms in total. The molecule has 7 heteroatoms. The van der Waals surface area contributed by atoms with Gasteiger partial charge in [0.15, 0.2) is 5.17 Å². The van der Waals surface area contributed by atoms with Gasteiger partial charge in [-0.05, 0) is 34.9 Å². The van der Waals surface area contributed by atoms with Crippen molar-refractivity contribution in [1.29, 1.82) is 0 Å². The second-order valence-corrected chi connectivity index (χ2v) is 9.95. The van der Waals surface area contributed by atoms with Crippen molar-refractivity contribution in [2.75, 3.05) is 14.2 Å². The summed E-state index contributed by atoms with van der Waals surface area (Å²) >= 11 is 1.48. The lowest BCUT2D eigenvalue weighted by molar-refractivity contribution is -0.136. The minimum Gasteiger partial charge on any atom is -0.466 e. The molecule has 0 bridgehead atoms. The number of hydrogen-bond acceptors (Lipinski definition) is 6. The zero-order chi connectivity index (χ0) is 25.1. The van der Waals surface area contributed by atoms with E-state index in [0.717, 1.165) is 22.0 Å². The van der Waals surface area contributed by atoms with Crippen LogP contribution in [0.2, 0.25) is 0 Å². The number of aliphatic imine (C=N–C) groups is 1. The maximum atomic E-state index is 13.2. The Bertz CT molecular complexity index is 1200. The van der Waals surface area contributed by atoms with E-state index in [-0.39, 0.29) is 12.3 Å². The fraction of sp³-hybridized carbons (Fsp3) is 0.321. The molecule has 0 unspecified atom stereocenters. The molecule has 1 amide bonds. The molecule has 2 aromatic rings. The molecule has 2 heterocycles. The maximum Gasteiger partial charge on any atom is 0.338 e. The molecule has 0 saturated heterocycles. The number of thioether (sulfide) groups is 1. The molecule has 182 valence electrons. The highest BCUT2D eigenvalue weighted by molar-refractivity contribution is 8.16. The fourth-order valence-corrected chi connectivity index (χ4v) is 5.32. The molecule has 2 aliphatic heterocycles. The van der Waals surface area contributed by atoms with Gasteiger partial charge >= 0.3 is 5.97 Å². The summed E-state index contributed by atoms with van der Waals surface area (Å²) in [5, 5.41) is 2.73. The number of amides is 1. The highest BCUT2D eigenvalue weighted by Crippen LogP contribution is 2.45. The molecule has 1 atom stereocenters. The second-order valence-electron chi connectivity index (χ2n) is 9.12. The van der Waals surface area contributed by atoms with Gasteiger partial charge in [-0.2, -0.15) is 0 Å². The lowest BCUT2D eigenvalue weighted by Gasteiger charge is -2.36. The number of allylic oxidation sites excluding steroid dienone is 1. The lowest BCUT2D eigenvalue weighted by Crippen LogP contribution is -2.38. The summed E-state index contributed by atoms with van der Waals surface area (Å²) in [4.78, 5) is 34.5. The number of esters is 1. The van der Waals surface area contributed by atoms with Crippen LogP contribution < -0.4 is 0 Å². The average molecular weight is 490 g/mol. The van der Waals surface area contributed by atoms with Gasteiger partial charge in [-0.15, -0.1) is 0 Å². The van der Waals surface area contributed by atoms with E-state index < -0.39 is 12.0 Å². The van der Waals surface area contributed by atoms with Crippen LogP contribution in [0.5, 0.6) is 0 Å². The third-order valence-corrected chi connectivity index (χ3v) is 7.23. The predicted molar refractivity (Wildman–Crippen MR) is 140 cm³/mol. The van der Waals surface area contributed by atoms with Crippen molar-refractivity contribution in [1.82, 2.24) is 9.80 Å². The monoisotopic (exact) mass is 489 g/mol. The molecule has 0 saturated carbocycles. The minimum absolute atomic E-state index is 0.00162. The number of ether oxygens (including phenoxy) is 1. The summed E-state index contributed by atoms with van der Waals surface area (Å²) in [6.45, 7) is 6.68. The van der Waals surface area contributed by atoms with E-state index >= 15 is 0 Å². The Morgan fingerprint density at radius 2 is 1.80 bits per heavy atom. The second kappa shape index (κ2) is 10.5. The van der Waals surface area contributed by atoms with Crippen LogP contribution in [0, 0.1) is 0 Å². The number of hydrogen-bond donors (Lipinski definition) is 0. The third kappa shape index (κ3) is 5.20. The summed E-state index contributed by atoms with van der Waals surface area (Å²) < 4.78 is 5.15. The Balaban J connectivity index is 1.64. The van der Waals surface area contributed by atoms with Crippen molar-refractivity contribution in [2.45, 2.75) is 45.7 Å². The molecule has 0 aliphatic carbocycles. The number of carbonyl (C=O) groups is 2. The van der Waals surface area contributed by atoms with Gasteiger partial charge in [0.1, 0.15) is 0 Å². The minimum atomic E-state index is -0.412. The summed E-state index contributed by atoms with van der Waals surface area (Å²) in [5.74, 6) is -0.00535. The van der Waals surface area contributed by atoms with Crippen LogP contribution in [-0.2, 0) is 20.9 Å². The van der Waals surface area contributed by atoms with Gasteiger partial charge < -0.3 is 14.5 Å². The van der Waals surface area contributed by atoms with E-state index in [9.17, 15) is 9.59 Å². The summed E-state index contributed by atoms with van der Waals surface area (Å²) in [6, 6.07) is 17.8. The van der Waals surface area contributed by atoms with Gasteiger partial charge in [0.2, 0.25) is 5.91 Å². The van der Waals surface area contributed by atoms with E-state index in [1.54, 1.807) is 4.90 Å². The first-order valence-corrected chi connectivity index (χ1v) is 12.6. The lowest BCUT2D eigenvalue weighted by atomic mass is 9.92. The Hall–Kier alpha value is -3.32. The van der Waals surface area contributed by atoms with Crippen LogP contribution in [0.3, 0.4) is 0 Å². The van der Waals surface area contributed by atoms with Crippen LogP contribution in [-0.4, -0.2) is 41.0 Å². The zero-order valence-electron chi connectivity index (χ0n) is 20.8. The van der Waals surface area contributed by atoms with Gasteiger partial charge in [-0.1, -0.05) is 80.2 Å². The first kappa shape index (κ1) is 24.8. The van der Waals surface area contributed by atoms with Crippen molar-refractivity contribution in [3.63, 3.8) is 0 Å². The Labute approximate surface area is 211 Å². The molecule has 0 spiro atoms. The Morgan fingerprint density at radius 3 is 2.43 bits per heavy atom. The highest BCUT2D eigenvalue weighted by Gasteiger charge is 2.41. The molecule has 0 N–H and O–H groups in total. The van der Waals surface area contributed by atoms with E-state index in [4.69, 9.17) is 9.73 Å². The third-order valence-electron chi connectivity index (χ3n) is 6.35. The SMILES string of the molecule is COC(=O)C1=C(C)N=C2SC=C(CC(=O)N(C)Cc3ccccc3)N2[C@H]1c1ccc(C(C)C)cc1. The standard InChI is InChI=1S/C28H31N3O3S/c1-18(2)21-11-13-22(14-12-21)26-25(27(33)34-5)19(3)29-28-31(26)23(17-35-28)15-24(32)30(4)16-20-9-7-6-8-10-20/h6-14,17-18,26H,15-16H2,1-5H3/t26-/m0/s1. The quantitative estimate of drug-likeness (QED) is 0.473. The normalized spacial score (nSPS) is 17.2. The molecule has 0 aromatic heterocycles. The van der Waals surface area contributed by atoms with Crippen LogP contribution in [0.4, 0.5) is 0 Å². The molecule has 0 radical (unpaired) electrons. The Kier molecular flexibility index (Phi) is 7.45. The first-order chi connectivity index (χ1) is 16.8. The van der Waals surface area contributed by atoms with Crippen molar-refractivity contribution < 1.29 is 14.3 Å². The van der Waals surface area contributed by atoms with Gasteiger partial charge in [-0.3, -0.25) is 4.79 Å². The van der Waals surface area contributed by atoms with E-state index in [0.29, 0.717) is 23.7 Å². The number of methoxy groups -OCH3 is 1. The van der Waals surface area contributed by atoms with Gasteiger partial charge in [0.05, 0.1) is 30.8 Å². The molecule has 2 aliphatic rings. The topological polar surface area (TPSA) is 62.2 Å². The number of rotatable bonds is 7. The number of fused-ring (bicyclic) bond motifs is 1. The van der Waals surface area contributed by atoms with Gasteiger partial charge in [0, 0.05) is 19.3 Å². The highest BCUT2D eigenvalue weighted by atomic mass is 32.2. The summed E-state index contributed by atoms with van der Waals surface area (Å²) in [6.07, 6.45) is 0.212. The van der Waals surface area contributed by atoms with Crippen molar-refractivity contribution in [2.24, 2.45) is 4.99 Å². The van der Waals surface area contributed by atoms with Gasteiger partial charge in [0.25, 0.3) is 0 Å². The molecular formula is C28H31N3O3S. The van der Waals surface area contributed by atoms with Crippen molar-refractivity contribution >= 4 is 28.8 Å². The zero-order valence-corrected chi connectivity index (χ0v) is 21.6. The number of carbonyl (C=O) groups excluding carboxylic acids is 2. The molecule has 2 aromatic carbocycles. The maximum absolute atomic E-state index is 13.2. The number of nitrogens with zero attached hydrogens (tertiary/aromatic N) is 3. The average Bonchev–Trinajstić information content (AvgIpc) is 3.25. The van der Waals surface area contributed by atoms with Crippen molar-refractivity contribution in [3.8, 4) is 0 Å². The number of benzene rings is 2. The smallest absolute Gasteiger partial charge is 0.338 e. The molecule has 35 heavy (non-hydrogen) atoms. The van der Waals surface area contributed by atoms with Crippen LogP contribution >= 0.6 is 11.8 Å². The number of amidine groups is 1.